The zero-order chi connectivity index (χ0) is 14.2. The average Bonchev–Trinajstić information content (AvgIpc) is 2.75. The monoisotopic (exact) mass is 273 g/mol. The highest BCUT2D eigenvalue weighted by atomic mass is 16.5. The Morgan fingerprint density at radius 1 is 1.25 bits per heavy atom. The molecule has 1 aromatic rings. The Kier molecular flexibility index (Phi) is 3.76. The Morgan fingerprint density at radius 2 is 2.00 bits per heavy atom. The van der Waals surface area contributed by atoms with Crippen LogP contribution in [-0.4, -0.2) is 6.61 Å². The van der Waals surface area contributed by atoms with E-state index in [4.69, 9.17) is 10.5 Å². The molecule has 2 heteroatoms. The predicted molar refractivity (Wildman–Crippen MR) is 83.1 cm³/mol. The van der Waals surface area contributed by atoms with Crippen LogP contribution >= 0.6 is 0 Å². The summed E-state index contributed by atoms with van der Waals surface area (Å²) >= 11 is 0. The fraction of sp³-hybridized carbons (Fsp3) is 0.667. The van der Waals surface area contributed by atoms with E-state index in [0.717, 1.165) is 24.7 Å². The van der Waals surface area contributed by atoms with Crippen LogP contribution in [0.15, 0.2) is 18.2 Å². The molecule has 0 spiro atoms. The van der Waals surface area contributed by atoms with Crippen molar-refractivity contribution in [3.8, 4) is 5.75 Å². The molecule has 3 rings (SSSR count). The van der Waals surface area contributed by atoms with Crippen LogP contribution in [0.1, 0.15) is 69.5 Å². The first-order chi connectivity index (χ1) is 9.56. The van der Waals surface area contributed by atoms with Gasteiger partial charge in [0.2, 0.25) is 0 Å². The van der Waals surface area contributed by atoms with Crippen LogP contribution in [0.5, 0.6) is 5.75 Å². The standard InChI is InChI=1S/C18H27NO/c1-18(2)12-20-17-9-8-14(11-15(17)18)16(19)10-13-6-4-3-5-7-13/h8-9,11,13,16H,3-7,10,12,19H2,1-2H3. The first-order valence-corrected chi connectivity index (χ1v) is 8.09. The van der Waals surface area contributed by atoms with E-state index in [9.17, 15) is 0 Å². The largest absolute Gasteiger partial charge is 0.492 e. The van der Waals surface area contributed by atoms with Gasteiger partial charge in [0.1, 0.15) is 5.75 Å². The number of rotatable bonds is 3. The molecule has 1 aliphatic carbocycles. The van der Waals surface area contributed by atoms with E-state index in [1.54, 1.807) is 0 Å². The molecular weight excluding hydrogens is 246 g/mol. The van der Waals surface area contributed by atoms with Gasteiger partial charge in [0, 0.05) is 17.0 Å². The second kappa shape index (κ2) is 5.40. The third kappa shape index (κ3) is 2.71. The van der Waals surface area contributed by atoms with Gasteiger partial charge in [-0.1, -0.05) is 52.0 Å². The van der Waals surface area contributed by atoms with E-state index in [-0.39, 0.29) is 11.5 Å². The van der Waals surface area contributed by atoms with Gasteiger partial charge in [-0.3, -0.25) is 0 Å². The summed E-state index contributed by atoms with van der Waals surface area (Å²) in [5, 5.41) is 0. The molecule has 1 fully saturated rings. The molecule has 2 aliphatic rings. The summed E-state index contributed by atoms with van der Waals surface area (Å²) < 4.78 is 5.76. The number of hydrogen-bond acceptors (Lipinski definition) is 2. The summed E-state index contributed by atoms with van der Waals surface area (Å²) in [7, 11) is 0. The van der Waals surface area contributed by atoms with Crippen molar-refractivity contribution < 1.29 is 4.74 Å². The van der Waals surface area contributed by atoms with Crippen LogP contribution in [0.4, 0.5) is 0 Å². The van der Waals surface area contributed by atoms with Crippen molar-refractivity contribution in [2.45, 2.75) is 63.8 Å². The minimum atomic E-state index is 0.121. The zero-order valence-electron chi connectivity index (χ0n) is 12.8. The highest BCUT2D eigenvalue weighted by Crippen LogP contribution is 2.40. The quantitative estimate of drug-likeness (QED) is 0.889. The summed E-state index contributed by atoms with van der Waals surface area (Å²) in [5.41, 5.74) is 9.20. The molecule has 1 atom stereocenters. The van der Waals surface area contributed by atoms with Gasteiger partial charge >= 0.3 is 0 Å². The lowest BCUT2D eigenvalue weighted by atomic mass is 9.82. The zero-order valence-corrected chi connectivity index (χ0v) is 12.8. The van der Waals surface area contributed by atoms with Gasteiger partial charge in [0.05, 0.1) is 6.61 Å². The molecule has 0 aromatic heterocycles. The summed E-state index contributed by atoms with van der Waals surface area (Å²) in [6, 6.07) is 6.74. The predicted octanol–water partition coefficient (Wildman–Crippen LogP) is 4.33. The Morgan fingerprint density at radius 3 is 2.75 bits per heavy atom. The molecule has 1 aromatic carbocycles. The third-order valence-corrected chi connectivity index (χ3v) is 5.06. The number of fused-ring (bicyclic) bond motifs is 1. The molecule has 110 valence electrons. The molecule has 0 saturated heterocycles. The van der Waals surface area contributed by atoms with E-state index in [2.05, 4.69) is 32.0 Å². The lowest BCUT2D eigenvalue weighted by Crippen LogP contribution is -2.20. The first kappa shape index (κ1) is 13.9. The SMILES string of the molecule is CC1(C)COc2ccc(C(N)CC3CCCCC3)cc21. The van der Waals surface area contributed by atoms with Crippen LogP contribution < -0.4 is 10.5 Å². The maximum absolute atomic E-state index is 6.47. The van der Waals surface area contributed by atoms with Gasteiger partial charge in [-0.05, 0) is 30.0 Å². The molecule has 1 unspecified atom stereocenters. The van der Waals surface area contributed by atoms with Crippen LogP contribution in [-0.2, 0) is 5.41 Å². The minimum absolute atomic E-state index is 0.121. The first-order valence-electron chi connectivity index (χ1n) is 8.09. The maximum atomic E-state index is 6.47. The van der Waals surface area contributed by atoms with E-state index < -0.39 is 0 Å². The Balaban J connectivity index is 1.73. The molecule has 20 heavy (non-hydrogen) atoms. The Bertz CT molecular complexity index is 474. The molecule has 1 heterocycles. The summed E-state index contributed by atoms with van der Waals surface area (Å²) in [5.74, 6) is 1.87. The molecule has 0 bridgehead atoms. The number of hydrogen-bond donors (Lipinski definition) is 1. The van der Waals surface area contributed by atoms with Crippen molar-refractivity contribution >= 4 is 0 Å². The van der Waals surface area contributed by atoms with Crippen molar-refractivity contribution in [3.63, 3.8) is 0 Å². The van der Waals surface area contributed by atoms with Gasteiger partial charge in [0.25, 0.3) is 0 Å². The van der Waals surface area contributed by atoms with Crippen molar-refractivity contribution in [2.75, 3.05) is 6.61 Å². The van der Waals surface area contributed by atoms with Gasteiger partial charge in [-0.25, -0.2) is 0 Å². The topological polar surface area (TPSA) is 35.2 Å². The lowest BCUT2D eigenvalue weighted by molar-refractivity contribution is 0.291. The number of ether oxygens (including phenoxy) is 1. The molecule has 2 N–H and O–H groups in total. The number of nitrogens with two attached hydrogens (primary N) is 1. The molecule has 2 nitrogen and oxygen atoms in total. The van der Waals surface area contributed by atoms with E-state index in [0.29, 0.717) is 0 Å². The van der Waals surface area contributed by atoms with Crippen molar-refractivity contribution in [2.24, 2.45) is 11.7 Å². The van der Waals surface area contributed by atoms with Crippen molar-refractivity contribution in [1.82, 2.24) is 0 Å². The number of benzene rings is 1. The normalized spacial score (nSPS) is 23.1. The summed E-state index contributed by atoms with van der Waals surface area (Å²) in [6.07, 6.45) is 8.07. The smallest absolute Gasteiger partial charge is 0.123 e. The molecule has 0 amide bonds. The van der Waals surface area contributed by atoms with E-state index in [1.807, 2.05) is 0 Å². The summed E-state index contributed by atoms with van der Waals surface area (Å²) in [4.78, 5) is 0. The highest BCUT2D eigenvalue weighted by Gasteiger charge is 2.32. The van der Waals surface area contributed by atoms with Gasteiger partial charge in [-0.15, -0.1) is 0 Å². The maximum Gasteiger partial charge on any atom is 0.123 e. The van der Waals surface area contributed by atoms with E-state index in [1.165, 1.54) is 43.2 Å². The second-order valence-corrected chi connectivity index (χ2v) is 7.27. The molecular formula is C18H27NO. The molecule has 1 aliphatic heterocycles. The molecule has 0 radical (unpaired) electrons. The third-order valence-electron chi connectivity index (χ3n) is 5.06. The van der Waals surface area contributed by atoms with Crippen LogP contribution in [0.2, 0.25) is 0 Å². The average molecular weight is 273 g/mol. The van der Waals surface area contributed by atoms with Gasteiger partial charge < -0.3 is 10.5 Å². The summed E-state index contributed by atoms with van der Waals surface area (Å²) in [6.45, 7) is 5.27. The molecule has 1 saturated carbocycles. The minimum Gasteiger partial charge on any atom is -0.492 e. The van der Waals surface area contributed by atoms with Gasteiger partial charge in [-0.2, -0.15) is 0 Å². The highest BCUT2D eigenvalue weighted by molar-refractivity contribution is 5.45. The van der Waals surface area contributed by atoms with Crippen molar-refractivity contribution in [1.29, 1.82) is 0 Å². The fourth-order valence-electron chi connectivity index (χ4n) is 3.69. The fourth-order valence-corrected chi connectivity index (χ4v) is 3.69. The second-order valence-electron chi connectivity index (χ2n) is 7.27. The Labute approximate surface area is 122 Å². The van der Waals surface area contributed by atoms with Crippen LogP contribution in [0, 0.1) is 5.92 Å². The van der Waals surface area contributed by atoms with E-state index >= 15 is 0 Å². The van der Waals surface area contributed by atoms with Crippen LogP contribution in [0.25, 0.3) is 0 Å². The van der Waals surface area contributed by atoms with Crippen LogP contribution in [0.3, 0.4) is 0 Å². The lowest BCUT2D eigenvalue weighted by Gasteiger charge is -2.25. The van der Waals surface area contributed by atoms with Crippen molar-refractivity contribution in [3.05, 3.63) is 29.3 Å². The Hall–Kier alpha value is -1.02. The van der Waals surface area contributed by atoms with Gasteiger partial charge in [0.15, 0.2) is 0 Å².